The Labute approximate surface area is 203 Å². The summed E-state index contributed by atoms with van der Waals surface area (Å²) in [5.74, 6) is 0.558. The minimum Gasteiger partial charge on any atom is -0.497 e. The van der Waals surface area contributed by atoms with Crippen molar-refractivity contribution in [2.45, 2.75) is 32.0 Å². The lowest BCUT2D eigenvalue weighted by Crippen LogP contribution is -2.43. The van der Waals surface area contributed by atoms with Gasteiger partial charge in [-0.05, 0) is 37.1 Å². The number of nitrogens with one attached hydrogen (secondary N) is 1. The summed E-state index contributed by atoms with van der Waals surface area (Å²) in [6.07, 6.45) is 3.08. The van der Waals surface area contributed by atoms with Crippen LogP contribution in [0, 0.1) is 0 Å². The molecular weight excluding hydrogens is 472 g/mol. The molecule has 1 fully saturated rings. The van der Waals surface area contributed by atoms with Gasteiger partial charge in [-0.2, -0.15) is 0 Å². The number of benzene rings is 1. The fourth-order valence-corrected chi connectivity index (χ4v) is 5.41. The summed E-state index contributed by atoms with van der Waals surface area (Å²) in [7, 11) is 3.03. The molecule has 35 heavy (non-hydrogen) atoms. The molecule has 0 bridgehead atoms. The molecule has 182 valence electrons. The van der Waals surface area contributed by atoms with Crippen molar-refractivity contribution in [2.75, 3.05) is 26.1 Å². The van der Waals surface area contributed by atoms with Gasteiger partial charge in [0.05, 0.1) is 38.1 Å². The lowest BCUT2D eigenvalue weighted by Gasteiger charge is -2.16. The number of anilines is 1. The topological polar surface area (TPSA) is 114 Å². The zero-order valence-corrected chi connectivity index (χ0v) is 20.1. The first-order valence-electron chi connectivity index (χ1n) is 11.1. The van der Waals surface area contributed by atoms with E-state index in [9.17, 15) is 14.4 Å². The normalized spacial score (nSPS) is 15.5. The summed E-state index contributed by atoms with van der Waals surface area (Å²) >= 11 is 1.21. The maximum Gasteiger partial charge on any atom is 0.332 e. The summed E-state index contributed by atoms with van der Waals surface area (Å²) in [4.78, 5) is 45.0. The lowest BCUT2D eigenvalue weighted by molar-refractivity contribution is -0.116. The summed E-state index contributed by atoms with van der Waals surface area (Å²) in [6, 6.07) is 8.55. The van der Waals surface area contributed by atoms with Crippen LogP contribution in [0.25, 0.3) is 20.4 Å². The van der Waals surface area contributed by atoms with Crippen LogP contribution in [0.2, 0.25) is 0 Å². The number of carbonyl (C=O) groups excluding carboxylic acids is 1. The van der Waals surface area contributed by atoms with Gasteiger partial charge >= 0.3 is 5.69 Å². The van der Waals surface area contributed by atoms with E-state index in [4.69, 9.17) is 14.2 Å². The van der Waals surface area contributed by atoms with Crippen LogP contribution in [0.4, 0.5) is 5.69 Å². The van der Waals surface area contributed by atoms with Crippen LogP contribution in [-0.2, 0) is 22.6 Å². The molecule has 0 aliphatic carbocycles. The highest BCUT2D eigenvalue weighted by atomic mass is 32.1. The van der Waals surface area contributed by atoms with E-state index in [0.29, 0.717) is 44.2 Å². The molecule has 0 saturated carbocycles. The SMILES string of the molecule is COc1ccc(NC(=O)Cn2c(=O)n(C[C@H]3CCCO3)c(=O)c3sc4ncccc4c32)c(OC)c1. The highest BCUT2D eigenvalue weighted by molar-refractivity contribution is 7.25. The van der Waals surface area contributed by atoms with Gasteiger partial charge in [-0.1, -0.05) is 0 Å². The van der Waals surface area contributed by atoms with E-state index in [1.807, 2.05) is 0 Å². The Morgan fingerprint density at radius 3 is 2.83 bits per heavy atom. The first-order chi connectivity index (χ1) is 17.0. The third-order valence-corrected chi connectivity index (χ3v) is 7.10. The predicted molar refractivity (Wildman–Crippen MR) is 133 cm³/mol. The van der Waals surface area contributed by atoms with Gasteiger partial charge in [0, 0.05) is 24.3 Å². The summed E-state index contributed by atoms with van der Waals surface area (Å²) < 4.78 is 19.1. The number of pyridine rings is 1. The minimum atomic E-state index is -0.557. The third-order valence-electron chi connectivity index (χ3n) is 6.01. The van der Waals surface area contributed by atoms with Crippen LogP contribution in [0.5, 0.6) is 11.5 Å². The molecule has 0 unspecified atom stereocenters. The van der Waals surface area contributed by atoms with Crippen molar-refractivity contribution in [1.82, 2.24) is 14.1 Å². The number of amides is 1. The van der Waals surface area contributed by atoms with Gasteiger partial charge in [0.2, 0.25) is 5.91 Å². The number of hydrogen-bond acceptors (Lipinski definition) is 8. The largest absolute Gasteiger partial charge is 0.497 e. The molecular formula is C24H24N4O6S. The van der Waals surface area contributed by atoms with Crippen LogP contribution < -0.4 is 26.0 Å². The van der Waals surface area contributed by atoms with E-state index in [2.05, 4.69) is 10.3 Å². The van der Waals surface area contributed by atoms with Crippen LogP contribution >= 0.6 is 11.3 Å². The first kappa shape index (κ1) is 23.1. The number of thiophene rings is 1. The fraction of sp³-hybridized carbons (Fsp3) is 0.333. The molecule has 3 aromatic heterocycles. The summed E-state index contributed by atoms with van der Waals surface area (Å²) in [5, 5.41) is 3.45. The number of rotatable bonds is 7. The zero-order valence-electron chi connectivity index (χ0n) is 19.3. The van der Waals surface area contributed by atoms with Crippen LogP contribution in [0.15, 0.2) is 46.1 Å². The molecule has 1 saturated heterocycles. The number of carbonyl (C=O) groups is 1. The highest BCUT2D eigenvalue weighted by Gasteiger charge is 2.24. The van der Waals surface area contributed by atoms with E-state index in [1.54, 1.807) is 36.5 Å². The van der Waals surface area contributed by atoms with Crippen molar-refractivity contribution in [3.05, 3.63) is 57.4 Å². The van der Waals surface area contributed by atoms with Gasteiger partial charge < -0.3 is 19.5 Å². The van der Waals surface area contributed by atoms with E-state index in [1.165, 1.54) is 34.7 Å². The smallest absolute Gasteiger partial charge is 0.332 e. The molecule has 1 aromatic carbocycles. The molecule has 1 aliphatic rings. The number of hydrogen-bond donors (Lipinski definition) is 1. The van der Waals surface area contributed by atoms with Gasteiger partial charge in [0.25, 0.3) is 5.56 Å². The monoisotopic (exact) mass is 496 g/mol. The molecule has 0 radical (unpaired) electrons. The highest BCUT2D eigenvalue weighted by Crippen LogP contribution is 2.31. The molecule has 11 heteroatoms. The Bertz CT molecular complexity index is 1530. The Morgan fingerprint density at radius 2 is 2.09 bits per heavy atom. The average Bonchev–Trinajstić information content (AvgIpc) is 3.52. The van der Waals surface area contributed by atoms with Crippen LogP contribution in [0.3, 0.4) is 0 Å². The van der Waals surface area contributed by atoms with Crippen molar-refractivity contribution < 1.29 is 19.0 Å². The van der Waals surface area contributed by atoms with Crippen molar-refractivity contribution >= 4 is 43.4 Å². The predicted octanol–water partition coefficient (Wildman–Crippen LogP) is 2.61. The molecule has 1 aliphatic heterocycles. The molecule has 1 amide bonds. The molecule has 10 nitrogen and oxygen atoms in total. The summed E-state index contributed by atoms with van der Waals surface area (Å²) in [6.45, 7) is 0.453. The van der Waals surface area contributed by atoms with Crippen LogP contribution in [0.1, 0.15) is 12.8 Å². The molecule has 5 rings (SSSR count). The number of aromatic nitrogens is 3. The van der Waals surface area contributed by atoms with E-state index < -0.39 is 17.2 Å². The van der Waals surface area contributed by atoms with E-state index in [-0.39, 0.29) is 19.2 Å². The number of fused-ring (bicyclic) bond motifs is 3. The fourth-order valence-electron chi connectivity index (χ4n) is 4.32. The maximum absolute atomic E-state index is 13.6. The Hall–Kier alpha value is -3.70. The van der Waals surface area contributed by atoms with Gasteiger partial charge in [-0.25, -0.2) is 9.78 Å². The second kappa shape index (κ2) is 9.51. The third kappa shape index (κ3) is 4.28. The zero-order chi connectivity index (χ0) is 24.5. The van der Waals surface area contributed by atoms with Gasteiger partial charge in [-0.3, -0.25) is 18.7 Å². The second-order valence-electron chi connectivity index (χ2n) is 8.17. The molecule has 0 spiro atoms. The van der Waals surface area contributed by atoms with E-state index >= 15 is 0 Å². The van der Waals surface area contributed by atoms with Crippen molar-refractivity contribution in [2.24, 2.45) is 0 Å². The van der Waals surface area contributed by atoms with Crippen LogP contribution in [-0.4, -0.2) is 47.0 Å². The summed E-state index contributed by atoms with van der Waals surface area (Å²) in [5.41, 5.74) is -0.101. The number of methoxy groups -OCH3 is 2. The first-order valence-corrected chi connectivity index (χ1v) is 12.0. The Kier molecular flexibility index (Phi) is 6.27. The second-order valence-corrected chi connectivity index (χ2v) is 9.17. The quantitative estimate of drug-likeness (QED) is 0.418. The van der Waals surface area contributed by atoms with Crippen molar-refractivity contribution in [3.8, 4) is 11.5 Å². The minimum absolute atomic E-state index is 0.142. The van der Waals surface area contributed by atoms with Gasteiger partial charge in [0.15, 0.2) is 0 Å². The maximum atomic E-state index is 13.6. The molecule has 4 aromatic rings. The standard InChI is InChI=1S/C24H24N4O6S/c1-32-14-7-8-17(18(11-14)33-2)26-19(29)13-27-20-16-6-3-9-25-22(16)35-21(20)23(30)28(24(27)31)12-15-5-4-10-34-15/h3,6-9,11,15H,4-5,10,12-13H2,1-2H3,(H,26,29)/t15-/m1/s1. The molecule has 1 atom stereocenters. The van der Waals surface area contributed by atoms with Gasteiger partial charge in [-0.15, -0.1) is 11.3 Å². The van der Waals surface area contributed by atoms with Gasteiger partial charge in [0.1, 0.15) is 27.6 Å². The molecule has 1 N–H and O–H groups in total. The number of ether oxygens (including phenoxy) is 3. The van der Waals surface area contributed by atoms with E-state index in [0.717, 1.165) is 12.8 Å². The van der Waals surface area contributed by atoms with Crippen molar-refractivity contribution in [3.63, 3.8) is 0 Å². The average molecular weight is 497 g/mol. The van der Waals surface area contributed by atoms with Crippen molar-refractivity contribution in [1.29, 1.82) is 0 Å². The molecule has 4 heterocycles. The number of nitrogens with zero attached hydrogens (tertiary/aromatic N) is 3. The lowest BCUT2D eigenvalue weighted by atomic mass is 10.2. The Morgan fingerprint density at radius 1 is 1.23 bits per heavy atom. The Balaban J connectivity index is 1.58.